The average Bonchev–Trinajstić information content (AvgIpc) is 2.89. The van der Waals surface area contributed by atoms with Crippen LogP contribution >= 0.6 is 11.3 Å². The van der Waals surface area contributed by atoms with Crippen LogP contribution in [0.3, 0.4) is 0 Å². The first kappa shape index (κ1) is 14.4. The first-order valence-electron chi connectivity index (χ1n) is 7.54. The molecule has 1 atom stereocenters. The van der Waals surface area contributed by atoms with Crippen molar-refractivity contribution in [1.82, 2.24) is 4.98 Å². The number of benzene rings is 1. The normalized spacial score (nSPS) is 18.8. The molecule has 3 rings (SSSR count). The molecule has 0 amide bonds. The van der Waals surface area contributed by atoms with Crippen LogP contribution in [0.2, 0.25) is 0 Å². The van der Waals surface area contributed by atoms with Crippen LogP contribution in [0.4, 0.5) is 5.13 Å². The SMILES string of the molecule is COc1ccc(-c2nc(N3CCCC(C)C3)sc2C)cc1. The number of hydrogen-bond acceptors (Lipinski definition) is 4. The Labute approximate surface area is 130 Å². The quantitative estimate of drug-likeness (QED) is 0.842. The van der Waals surface area contributed by atoms with E-state index >= 15 is 0 Å². The van der Waals surface area contributed by atoms with E-state index in [0.29, 0.717) is 0 Å². The van der Waals surface area contributed by atoms with Crippen LogP contribution in [0.15, 0.2) is 24.3 Å². The van der Waals surface area contributed by atoms with Gasteiger partial charge in [0.2, 0.25) is 0 Å². The number of ether oxygens (including phenoxy) is 1. The second-order valence-corrected chi connectivity index (χ2v) is 7.00. The minimum absolute atomic E-state index is 0.771. The first-order chi connectivity index (χ1) is 10.2. The Morgan fingerprint density at radius 1 is 1.29 bits per heavy atom. The van der Waals surface area contributed by atoms with Gasteiger partial charge in [-0.3, -0.25) is 0 Å². The van der Waals surface area contributed by atoms with E-state index in [1.54, 1.807) is 7.11 Å². The molecule has 1 aromatic heterocycles. The molecule has 1 unspecified atom stereocenters. The van der Waals surface area contributed by atoms with Crippen molar-refractivity contribution < 1.29 is 4.74 Å². The highest BCUT2D eigenvalue weighted by atomic mass is 32.1. The van der Waals surface area contributed by atoms with Crippen LogP contribution in [0.1, 0.15) is 24.6 Å². The van der Waals surface area contributed by atoms with E-state index in [2.05, 4.69) is 30.9 Å². The van der Waals surface area contributed by atoms with Crippen molar-refractivity contribution in [2.24, 2.45) is 5.92 Å². The third-order valence-electron chi connectivity index (χ3n) is 4.08. The molecule has 2 aromatic rings. The molecular formula is C17H22N2OS. The van der Waals surface area contributed by atoms with Crippen molar-refractivity contribution in [3.05, 3.63) is 29.1 Å². The van der Waals surface area contributed by atoms with E-state index in [0.717, 1.165) is 30.5 Å². The maximum atomic E-state index is 5.22. The van der Waals surface area contributed by atoms with Gasteiger partial charge in [0.1, 0.15) is 5.75 Å². The lowest BCUT2D eigenvalue weighted by Gasteiger charge is -2.30. The number of nitrogens with zero attached hydrogens (tertiary/aromatic N) is 2. The average molecular weight is 302 g/mol. The van der Waals surface area contributed by atoms with E-state index in [4.69, 9.17) is 9.72 Å². The first-order valence-corrected chi connectivity index (χ1v) is 8.36. The molecule has 1 aliphatic heterocycles. The number of aromatic nitrogens is 1. The third-order valence-corrected chi connectivity index (χ3v) is 5.11. The molecule has 1 aliphatic rings. The maximum Gasteiger partial charge on any atom is 0.186 e. The Morgan fingerprint density at radius 2 is 2.05 bits per heavy atom. The van der Waals surface area contributed by atoms with Gasteiger partial charge in [0.15, 0.2) is 5.13 Å². The Kier molecular flexibility index (Phi) is 4.15. The molecule has 3 nitrogen and oxygen atoms in total. The fraction of sp³-hybridized carbons (Fsp3) is 0.471. The Morgan fingerprint density at radius 3 is 2.71 bits per heavy atom. The minimum atomic E-state index is 0.771. The lowest BCUT2D eigenvalue weighted by atomic mass is 10.0. The zero-order valence-corrected chi connectivity index (χ0v) is 13.7. The fourth-order valence-corrected chi connectivity index (χ4v) is 3.86. The maximum absolute atomic E-state index is 5.22. The molecule has 0 N–H and O–H groups in total. The molecule has 1 fully saturated rings. The van der Waals surface area contributed by atoms with Crippen LogP contribution in [-0.4, -0.2) is 25.2 Å². The molecule has 0 saturated carbocycles. The highest BCUT2D eigenvalue weighted by Crippen LogP contribution is 2.34. The highest BCUT2D eigenvalue weighted by molar-refractivity contribution is 7.16. The van der Waals surface area contributed by atoms with Crippen molar-refractivity contribution in [3.8, 4) is 17.0 Å². The minimum Gasteiger partial charge on any atom is -0.497 e. The number of hydrogen-bond donors (Lipinski definition) is 0. The van der Waals surface area contributed by atoms with Crippen molar-refractivity contribution in [3.63, 3.8) is 0 Å². The van der Waals surface area contributed by atoms with Crippen LogP contribution in [0.5, 0.6) is 5.75 Å². The van der Waals surface area contributed by atoms with Gasteiger partial charge in [-0.15, -0.1) is 11.3 Å². The fourth-order valence-electron chi connectivity index (χ4n) is 2.90. The highest BCUT2D eigenvalue weighted by Gasteiger charge is 2.20. The number of anilines is 1. The molecule has 21 heavy (non-hydrogen) atoms. The zero-order chi connectivity index (χ0) is 14.8. The summed E-state index contributed by atoms with van der Waals surface area (Å²) < 4.78 is 5.22. The molecule has 0 aliphatic carbocycles. The van der Waals surface area contributed by atoms with Crippen LogP contribution in [-0.2, 0) is 0 Å². The summed E-state index contributed by atoms with van der Waals surface area (Å²) in [5.74, 6) is 1.66. The summed E-state index contributed by atoms with van der Waals surface area (Å²) in [6.45, 7) is 6.76. The van der Waals surface area contributed by atoms with E-state index in [9.17, 15) is 0 Å². The molecule has 4 heteroatoms. The monoisotopic (exact) mass is 302 g/mol. The number of aryl methyl sites for hydroxylation is 1. The zero-order valence-electron chi connectivity index (χ0n) is 12.9. The summed E-state index contributed by atoms with van der Waals surface area (Å²) in [4.78, 5) is 8.63. The van der Waals surface area contributed by atoms with Crippen molar-refractivity contribution in [2.75, 3.05) is 25.1 Å². The summed E-state index contributed by atoms with van der Waals surface area (Å²) in [5.41, 5.74) is 2.27. The number of methoxy groups -OCH3 is 1. The number of rotatable bonds is 3. The van der Waals surface area contributed by atoms with E-state index in [1.165, 1.54) is 28.4 Å². The van der Waals surface area contributed by atoms with Gasteiger partial charge < -0.3 is 9.64 Å². The molecular weight excluding hydrogens is 280 g/mol. The number of thiazole rings is 1. The van der Waals surface area contributed by atoms with Gasteiger partial charge in [-0.1, -0.05) is 6.92 Å². The van der Waals surface area contributed by atoms with Crippen LogP contribution < -0.4 is 9.64 Å². The topological polar surface area (TPSA) is 25.4 Å². The summed E-state index contributed by atoms with van der Waals surface area (Å²) >= 11 is 1.81. The summed E-state index contributed by atoms with van der Waals surface area (Å²) in [6, 6.07) is 8.17. The van der Waals surface area contributed by atoms with Gasteiger partial charge >= 0.3 is 0 Å². The van der Waals surface area contributed by atoms with E-state index in [1.807, 2.05) is 23.5 Å². The molecule has 0 radical (unpaired) electrons. The van der Waals surface area contributed by atoms with Crippen LogP contribution in [0.25, 0.3) is 11.3 Å². The van der Waals surface area contributed by atoms with E-state index in [-0.39, 0.29) is 0 Å². The van der Waals surface area contributed by atoms with Crippen molar-refractivity contribution in [1.29, 1.82) is 0 Å². The Bertz CT molecular complexity index is 606. The van der Waals surface area contributed by atoms with Gasteiger partial charge in [-0.2, -0.15) is 0 Å². The second-order valence-electron chi connectivity index (χ2n) is 5.82. The van der Waals surface area contributed by atoms with Crippen molar-refractivity contribution >= 4 is 16.5 Å². The van der Waals surface area contributed by atoms with E-state index < -0.39 is 0 Å². The lowest BCUT2D eigenvalue weighted by molar-refractivity contribution is 0.415. The summed E-state index contributed by atoms with van der Waals surface area (Å²) in [7, 11) is 1.69. The van der Waals surface area contributed by atoms with Crippen molar-refractivity contribution in [2.45, 2.75) is 26.7 Å². The van der Waals surface area contributed by atoms with Crippen LogP contribution in [0, 0.1) is 12.8 Å². The van der Waals surface area contributed by atoms with Gasteiger partial charge in [0.05, 0.1) is 12.8 Å². The lowest BCUT2D eigenvalue weighted by Crippen LogP contribution is -2.34. The molecule has 1 aromatic carbocycles. The predicted octanol–water partition coefficient (Wildman–Crippen LogP) is 4.36. The predicted molar refractivity (Wildman–Crippen MR) is 89.5 cm³/mol. The standard InChI is InChI=1S/C17H22N2OS/c1-12-5-4-10-19(11-12)17-18-16(13(2)21-17)14-6-8-15(20-3)9-7-14/h6-9,12H,4-5,10-11H2,1-3H3. The number of piperidine rings is 1. The molecule has 2 heterocycles. The molecule has 0 spiro atoms. The second kappa shape index (κ2) is 6.06. The largest absolute Gasteiger partial charge is 0.497 e. The van der Waals surface area contributed by atoms with Gasteiger partial charge in [0, 0.05) is 23.5 Å². The summed E-state index contributed by atoms with van der Waals surface area (Å²) in [5, 5.41) is 1.17. The van der Waals surface area contributed by atoms with Gasteiger partial charge in [-0.25, -0.2) is 4.98 Å². The Balaban J connectivity index is 1.86. The Hall–Kier alpha value is -1.55. The third kappa shape index (κ3) is 3.05. The smallest absolute Gasteiger partial charge is 0.186 e. The molecule has 0 bridgehead atoms. The summed E-state index contributed by atoms with van der Waals surface area (Å²) in [6.07, 6.45) is 2.61. The van der Waals surface area contributed by atoms with Gasteiger partial charge in [-0.05, 0) is 49.9 Å². The molecule has 1 saturated heterocycles. The molecule has 112 valence electrons. The van der Waals surface area contributed by atoms with Gasteiger partial charge in [0.25, 0.3) is 0 Å².